The summed E-state index contributed by atoms with van der Waals surface area (Å²) < 4.78 is 26.5. The molecule has 0 unspecified atom stereocenters. The predicted octanol–water partition coefficient (Wildman–Crippen LogP) is 2.67. The lowest BCUT2D eigenvalue weighted by Crippen LogP contribution is -2.34. The van der Waals surface area contributed by atoms with Gasteiger partial charge in [-0.2, -0.15) is 0 Å². The van der Waals surface area contributed by atoms with Gasteiger partial charge in [0.15, 0.2) is 0 Å². The summed E-state index contributed by atoms with van der Waals surface area (Å²) in [5, 5.41) is 5.06. The maximum Gasteiger partial charge on any atom is 0.243 e. The molecule has 1 aliphatic rings. The first-order valence-corrected chi connectivity index (χ1v) is 9.48. The Hall–Kier alpha value is -0.430. The van der Waals surface area contributed by atoms with Gasteiger partial charge >= 0.3 is 0 Å². The molecule has 4 nitrogen and oxygen atoms in total. The van der Waals surface area contributed by atoms with Crippen LogP contribution in [0.5, 0.6) is 0 Å². The van der Waals surface area contributed by atoms with Crippen LogP contribution in [0, 0.1) is 5.92 Å². The van der Waals surface area contributed by atoms with E-state index in [0.29, 0.717) is 23.4 Å². The molecule has 114 valence electrons. The molecule has 0 atom stereocenters. The van der Waals surface area contributed by atoms with Gasteiger partial charge < -0.3 is 5.32 Å². The molecule has 0 spiro atoms. The first-order chi connectivity index (χ1) is 9.39. The minimum absolute atomic E-state index is 0.401. The van der Waals surface area contributed by atoms with Gasteiger partial charge in [-0.3, -0.25) is 0 Å². The van der Waals surface area contributed by atoms with Gasteiger partial charge in [0, 0.05) is 36.4 Å². The van der Waals surface area contributed by atoms with E-state index in [2.05, 4.69) is 19.2 Å². The topological polar surface area (TPSA) is 49.4 Å². The molecular formula is C14H24N2O2S2. The van der Waals surface area contributed by atoms with Crippen molar-refractivity contribution >= 4 is 21.4 Å². The normalized spacial score (nSPS) is 16.9. The summed E-state index contributed by atoms with van der Waals surface area (Å²) >= 11 is 1.51. The van der Waals surface area contributed by atoms with Crippen molar-refractivity contribution in [2.24, 2.45) is 5.92 Å². The highest BCUT2D eigenvalue weighted by molar-refractivity contribution is 7.89. The molecular weight excluding hydrogens is 292 g/mol. The fourth-order valence-electron chi connectivity index (χ4n) is 2.21. The van der Waals surface area contributed by atoms with Gasteiger partial charge in [0.25, 0.3) is 0 Å². The molecule has 0 saturated heterocycles. The largest absolute Gasteiger partial charge is 0.310 e. The van der Waals surface area contributed by atoms with E-state index in [0.717, 1.165) is 24.3 Å². The first-order valence-electron chi connectivity index (χ1n) is 7.16. The van der Waals surface area contributed by atoms with Crippen LogP contribution in [0.1, 0.15) is 38.0 Å². The van der Waals surface area contributed by atoms with Gasteiger partial charge in [0.05, 0.1) is 4.90 Å². The Bertz CT molecular complexity index is 533. The van der Waals surface area contributed by atoms with Gasteiger partial charge in [-0.25, -0.2) is 12.7 Å². The molecule has 1 fully saturated rings. The third kappa shape index (κ3) is 3.81. The van der Waals surface area contributed by atoms with Crippen LogP contribution in [0.3, 0.4) is 0 Å². The quantitative estimate of drug-likeness (QED) is 0.841. The predicted molar refractivity (Wildman–Crippen MR) is 83.5 cm³/mol. The summed E-state index contributed by atoms with van der Waals surface area (Å²) in [6, 6.07) is 2.20. The van der Waals surface area contributed by atoms with E-state index >= 15 is 0 Å². The van der Waals surface area contributed by atoms with E-state index in [1.165, 1.54) is 22.1 Å². The maximum atomic E-state index is 12.5. The van der Waals surface area contributed by atoms with E-state index in [9.17, 15) is 8.42 Å². The number of nitrogens with one attached hydrogen (secondary N) is 1. The zero-order chi connectivity index (χ0) is 14.8. The minimum atomic E-state index is -3.31. The second-order valence-corrected chi connectivity index (χ2v) is 8.91. The van der Waals surface area contributed by atoms with Crippen molar-refractivity contribution in [1.29, 1.82) is 0 Å². The summed E-state index contributed by atoms with van der Waals surface area (Å²) in [7, 11) is -1.62. The van der Waals surface area contributed by atoms with Gasteiger partial charge in [-0.1, -0.05) is 20.3 Å². The SMILES string of the molecule is CC(C)NCc1cc(S(=O)(=O)N(C)CC2CCC2)cs1. The number of nitrogens with zero attached hydrogens (tertiary/aromatic N) is 1. The number of rotatable bonds is 7. The standard InChI is InChI=1S/C14H24N2O2S2/c1-11(2)15-8-13-7-14(10-19-13)20(17,18)16(3)9-12-5-4-6-12/h7,10-12,15H,4-6,8-9H2,1-3H3. The monoisotopic (exact) mass is 316 g/mol. The average Bonchev–Trinajstić information content (AvgIpc) is 2.80. The zero-order valence-electron chi connectivity index (χ0n) is 12.4. The third-order valence-electron chi connectivity index (χ3n) is 3.76. The van der Waals surface area contributed by atoms with Crippen LogP contribution in [-0.2, 0) is 16.6 Å². The maximum absolute atomic E-state index is 12.5. The zero-order valence-corrected chi connectivity index (χ0v) is 14.1. The average molecular weight is 316 g/mol. The van der Waals surface area contributed by atoms with Crippen LogP contribution in [0.4, 0.5) is 0 Å². The third-order valence-corrected chi connectivity index (χ3v) is 6.65. The van der Waals surface area contributed by atoms with Gasteiger partial charge in [-0.05, 0) is 24.8 Å². The highest BCUT2D eigenvalue weighted by atomic mass is 32.2. The highest BCUT2D eigenvalue weighted by Gasteiger charge is 2.27. The van der Waals surface area contributed by atoms with Crippen LogP contribution in [-0.4, -0.2) is 32.4 Å². The molecule has 0 aliphatic heterocycles. The number of thiophene rings is 1. The van der Waals surface area contributed by atoms with Crippen molar-refractivity contribution < 1.29 is 8.42 Å². The van der Waals surface area contributed by atoms with Crippen LogP contribution < -0.4 is 5.32 Å². The molecule has 0 aromatic carbocycles. The summed E-state index contributed by atoms with van der Waals surface area (Å²) in [4.78, 5) is 1.50. The summed E-state index contributed by atoms with van der Waals surface area (Å²) in [6.07, 6.45) is 3.56. The molecule has 6 heteroatoms. The molecule has 0 bridgehead atoms. The Balaban J connectivity index is 2.01. The summed E-state index contributed by atoms with van der Waals surface area (Å²) in [5.74, 6) is 0.551. The fraction of sp³-hybridized carbons (Fsp3) is 0.714. The molecule has 1 saturated carbocycles. The molecule has 2 rings (SSSR count). The Morgan fingerprint density at radius 2 is 2.15 bits per heavy atom. The van der Waals surface area contributed by atoms with Gasteiger partial charge in [0.2, 0.25) is 10.0 Å². The molecule has 0 radical (unpaired) electrons. The van der Waals surface area contributed by atoms with Gasteiger partial charge in [0.1, 0.15) is 0 Å². The summed E-state index contributed by atoms with van der Waals surface area (Å²) in [6.45, 7) is 5.54. The van der Waals surface area contributed by atoms with E-state index in [1.54, 1.807) is 18.5 Å². The van der Waals surface area contributed by atoms with E-state index in [4.69, 9.17) is 0 Å². The Morgan fingerprint density at radius 3 is 2.70 bits per heavy atom. The van der Waals surface area contributed by atoms with Crippen molar-refractivity contribution in [3.8, 4) is 0 Å². The lowest BCUT2D eigenvalue weighted by molar-refractivity contribution is 0.263. The van der Waals surface area contributed by atoms with Crippen molar-refractivity contribution in [2.75, 3.05) is 13.6 Å². The van der Waals surface area contributed by atoms with Crippen LogP contribution in [0.15, 0.2) is 16.3 Å². The Morgan fingerprint density at radius 1 is 1.45 bits per heavy atom. The summed E-state index contributed by atoms with van der Waals surface area (Å²) in [5.41, 5.74) is 0. The smallest absolute Gasteiger partial charge is 0.243 e. The molecule has 1 aromatic rings. The molecule has 1 aromatic heterocycles. The van der Waals surface area contributed by atoms with Gasteiger partial charge in [-0.15, -0.1) is 11.3 Å². The molecule has 20 heavy (non-hydrogen) atoms. The van der Waals surface area contributed by atoms with Crippen molar-refractivity contribution in [1.82, 2.24) is 9.62 Å². The first kappa shape index (κ1) is 15.9. The molecule has 1 heterocycles. The molecule has 1 aliphatic carbocycles. The number of hydrogen-bond donors (Lipinski definition) is 1. The Labute approximate surface area is 126 Å². The highest BCUT2D eigenvalue weighted by Crippen LogP contribution is 2.29. The van der Waals surface area contributed by atoms with Crippen molar-refractivity contribution in [2.45, 2.75) is 50.6 Å². The van der Waals surface area contributed by atoms with Crippen molar-refractivity contribution in [3.05, 3.63) is 16.3 Å². The lowest BCUT2D eigenvalue weighted by Gasteiger charge is -2.29. The minimum Gasteiger partial charge on any atom is -0.310 e. The van der Waals surface area contributed by atoms with E-state index < -0.39 is 10.0 Å². The second kappa shape index (κ2) is 6.56. The number of sulfonamides is 1. The van der Waals surface area contributed by atoms with E-state index in [1.807, 2.05) is 0 Å². The van der Waals surface area contributed by atoms with Crippen LogP contribution >= 0.6 is 11.3 Å². The lowest BCUT2D eigenvalue weighted by atomic mass is 9.86. The van der Waals surface area contributed by atoms with Crippen LogP contribution in [0.2, 0.25) is 0 Å². The fourth-order valence-corrected chi connectivity index (χ4v) is 4.67. The van der Waals surface area contributed by atoms with Crippen molar-refractivity contribution in [3.63, 3.8) is 0 Å². The molecule has 1 N–H and O–H groups in total. The number of hydrogen-bond acceptors (Lipinski definition) is 4. The Kier molecular flexibility index (Phi) is 5.23. The van der Waals surface area contributed by atoms with E-state index in [-0.39, 0.29) is 0 Å². The molecule has 0 amide bonds. The van der Waals surface area contributed by atoms with Crippen LogP contribution in [0.25, 0.3) is 0 Å². The second-order valence-electron chi connectivity index (χ2n) is 5.87.